The number of Topliss-reactive ketones (excluding diaryl/α,β-unsaturated/α-hetero) is 1. The van der Waals surface area contributed by atoms with E-state index in [9.17, 15) is 14.4 Å². The molecule has 0 spiro atoms. The van der Waals surface area contributed by atoms with Gasteiger partial charge in [0.1, 0.15) is 17.4 Å². The molecule has 2 amide bonds. The molecule has 0 aliphatic carbocycles. The zero-order valence-corrected chi connectivity index (χ0v) is 21.9. The van der Waals surface area contributed by atoms with E-state index < -0.39 is 0 Å². The van der Waals surface area contributed by atoms with Gasteiger partial charge in [-0.05, 0) is 62.6 Å². The summed E-state index contributed by atoms with van der Waals surface area (Å²) >= 11 is 0. The van der Waals surface area contributed by atoms with Gasteiger partial charge in [0.2, 0.25) is 5.91 Å². The number of amides is 2. The summed E-state index contributed by atoms with van der Waals surface area (Å²) in [5, 5.41) is 0. The number of benzene rings is 1. The van der Waals surface area contributed by atoms with Crippen LogP contribution in [-0.2, 0) is 22.4 Å². The topological polar surface area (TPSA) is 95.9 Å². The van der Waals surface area contributed by atoms with E-state index in [0.717, 1.165) is 41.1 Å². The number of nitrogens with zero attached hydrogens (tertiary/aromatic N) is 5. The summed E-state index contributed by atoms with van der Waals surface area (Å²) in [5.74, 6) is 1.58. The number of hydrogen-bond acceptors (Lipinski definition) is 7. The van der Waals surface area contributed by atoms with Crippen LogP contribution in [0.2, 0.25) is 0 Å². The third-order valence-electron chi connectivity index (χ3n) is 6.97. The molecule has 9 heteroatoms. The molecule has 0 bridgehead atoms. The largest absolute Gasteiger partial charge is 0.493 e. The van der Waals surface area contributed by atoms with E-state index in [1.807, 2.05) is 48.2 Å². The lowest BCUT2D eigenvalue weighted by molar-refractivity contribution is -0.125. The van der Waals surface area contributed by atoms with Crippen molar-refractivity contribution in [3.05, 3.63) is 65.5 Å². The van der Waals surface area contributed by atoms with Crippen LogP contribution in [0, 0.1) is 0 Å². The molecule has 0 saturated carbocycles. The SMILES string of the molecule is CCN1c2ncc(CCOc3cccc4c3CCCN4C(=O)CC(C)=O)cc2C(=O)N(C)c2cccnc21. The summed E-state index contributed by atoms with van der Waals surface area (Å²) in [6.07, 6.45) is 5.59. The summed E-state index contributed by atoms with van der Waals surface area (Å²) < 4.78 is 6.18. The fourth-order valence-corrected chi connectivity index (χ4v) is 5.13. The predicted octanol–water partition coefficient (Wildman–Crippen LogP) is 4.10. The molecule has 38 heavy (non-hydrogen) atoms. The van der Waals surface area contributed by atoms with Crippen LogP contribution in [-0.4, -0.2) is 54.3 Å². The Labute approximate surface area is 222 Å². The van der Waals surface area contributed by atoms with Crippen molar-refractivity contribution in [3.8, 4) is 5.75 Å². The van der Waals surface area contributed by atoms with Crippen molar-refractivity contribution in [2.24, 2.45) is 0 Å². The molecule has 1 aromatic carbocycles. The van der Waals surface area contributed by atoms with Gasteiger partial charge in [-0.25, -0.2) is 9.97 Å². The van der Waals surface area contributed by atoms with Crippen molar-refractivity contribution in [1.82, 2.24) is 9.97 Å². The maximum atomic E-state index is 13.4. The van der Waals surface area contributed by atoms with Crippen LogP contribution < -0.4 is 19.4 Å². The van der Waals surface area contributed by atoms with Gasteiger partial charge in [-0.2, -0.15) is 0 Å². The number of anilines is 4. The summed E-state index contributed by atoms with van der Waals surface area (Å²) in [7, 11) is 1.75. The first-order chi connectivity index (χ1) is 18.4. The van der Waals surface area contributed by atoms with E-state index in [0.29, 0.717) is 43.3 Å². The number of ketones is 1. The van der Waals surface area contributed by atoms with Gasteiger partial charge in [0.25, 0.3) is 5.91 Å². The standard InChI is InChI=1S/C29H31N5O4/c1-4-33-27-22(29(37)32(3)24-10-6-13-30-28(24)33)17-20(18-31-27)12-15-38-25-11-5-9-23-21(25)8-7-14-34(23)26(36)16-19(2)35/h5-6,9-11,13,17-18H,4,7-8,12,14-16H2,1-3H3. The van der Waals surface area contributed by atoms with Crippen LogP contribution >= 0.6 is 0 Å². The normalized spacial score (nSPS) is 14.4. The Bertz CT molecular complexity index is 1410. The molecular formula is C29H31N5O4. The quantitative estimate of drug-likeness (QED) is 0.439. The van der Waals surface area contributed by atoms with Gasteiger partial charge in [-0.15, -0.1) is 0 Å². The summed E-state index contributed by atoms with van der Waals surface area (Å²) in [6.45, 7) is 5.05. The average Bonchev–Trinajstić information content (AvgIpc) is 3.01. The fraction of sp³-hybridized carbons (Fsp3) is 0.345. The number of pyridine rings is 2. The summed E-state index contributed by atoms with van der Waals surface area (Å²) in [5.41, 5.74) is 3.96. The van der Waals surface area contributed by atoms with Crippen LogP contribution in [0.15, 0.2) is 48.8 Å². The molecule has 2 aromatic heterocycles. The molecule has 5 rings (SSSR count). The van der Waals surface area contributed by atoms with Crippen molar-refractivity contribution in [2.45, 2.75) is 39.5 Å². The van der Waals surface area contributed by atoms with Gasteiger partial charge in [0, 0.05) is 44.5 Å². The molecule has 196 valence electrons. The van der Waals surface area contributed by atoms with Crippen molar-refractivity contribution in [3.63, 3.8) is 0 Å². The summed E-state index contributed by atoms with van der Waals surface area (Å²) in [4.78, 5) is 51.9. The number of aromatic nitrogens is 2. The number of fused-ring (bicyclic) bond motifs is 3. The first-order valence-corrected chi connectivity index (χ1v) is 12.9. The van der Waals surface area contributed by atoms with Gasteiger partial charge in [0.15, 0.2) is 5.82 Å². The minimum Gasteiger partial charge on any atom is -0.493 e. The van der Waals surface area contributed by atoms with Gasteiger partial charge in [-0.3, -0.25) is 14.4 Å². The molecule has 3 aromatic rings. The van der Waals surface area contributed by atoms with E-state index in [2.05, 4.69) is 9.97 Å². The predicted molar refractivity (Wildman–Crippen MR) is 146 cm³/mol. The van der Waals surface area contributed by atoms with Crippen LogP contribution in [0.3, 0.4) is 0 Å². The van der Waals surface area contributed by atoms with E-state index in [1.54, 1.807) is 29.2 Å². The summed E-state index contributed by atoms with van der Waals surface area (Å²) in [6, 6.07) is 11.3. The van der Waals surface area contributed by atoms with Gasteiger partial charge in [-0.1, -0.05) is 6.07 Å². The lowest BCUT2D eigenvalue weighted by Gasteiger charge is -2.30. The number of carbonyl (C=O) groups excluding carboxylic acids is 3. The number of hydrogen-bond donors (Lipinski definition) is 0. The maximum absolute atomic E-state index is 13.4. The number of rotatable bonds is 7. The highest BCUT2D eigenvalue weighted by molar-refractivity contribution is 6.12. The molecule has 2 aliphatic rings. The Morgan fingerprint density at radius 3 is 2.68 bits per heavy atom. The van der Waals surface area contributed by atoms with E-state index in [-0.39, 0.29) is 24.0 Å². The minimum absolute atomic E-state index is 0.0969. The highest BCUT2D eigenvalue weighted by Crippen LogP contribution is 2.38. The van der Waals surface area contributed by atoms with Crippen LogP contribution in [0.4, 0.5) is 23.0 Å². The van der Waals surface area contributed by atoms with E-state index >= 15 is 0 Å². The Morgan fingerprint density at radius 1 is 1.08 bits per heavy atom. The first-order valence-electron chi connectivity index (χ1n) is 12.9. The Hall–Kier alpha value is -4.27. The monoisotopic (exact) mass is 513 g/mol. The first kappa shape index (κ1) is 25.4. The van der Waals surface area contributed by atoms with Crippen LogP contribution in [0.25, 0.3) is 0 Å². The lowest BCUT2D eigenvalue weighted by Crippen LogP contribution is -2.36. The Morgan fingerprint density at radius 2 is 1.89 bits per heavy atom. The molecule has 0 unspecified atom stereocenters. The highest BCUT2D eigenvalue weighted by atomic mass is 16.5. The molecule has 0 radical (unpaired) electrons. The Kier molecular flexibility index (Phi) is 7.09. The minimum atomic E-state index is -0.181. The lowest BCUT2D eigenvalue weighted by atomic mass is 10.00. The highest BCUT2D eigenvalue weighted by Gasteiger charge is 2.30. The van der Waals surface area contributed by atoms with Crippen molar-refractivity contribution in [1.29, 1.82) is 0 Å². The third kappa shape index (κ3) is 4.71. The molecule has 0 fully saturated rings. The fourth-order valence-electron chi connectivity index (χ4n) is 5.13. The van der Waals surface area contributed by atoms with E-state index in [4.69, 9.17) is 4.74 Å². The molecule has 0 N–H and O–H groups in total. The maximum Gasteiger partial charge on any atom is 0.261 e. The van der Waals surface area contributed by atoms with Crippen LogP contribution in [0.5, 0.6) is 5.75 Å². The van der Waals surface area contributed by atoms with Gasteiger partial charge < -0.3 is 19.4 Å². The molecule has 4 heterocycles. The van der Waals surface area contributed by atoms with Gasteiger partial charge in [0.05, 0.1) is 30.0 Å². The molecular weight excluding hydrogens is 482 g/mol. The Balaban J connectivity index is 1.34. The molecule has 9 nitrogen and oxygen atoms in total. The second kappa shape index (κ2) is 10.6. The number of carbonyl (C=O) groups is 3. The second-order valence-corrected chi connectivity index (χ2v) is 9.55. The average molecular weight is 514 g/mol. The second-order valence-electron chi connectivity index (χ2n) is 9.55. The van der Waals surface area contributed by atoms with Crippen molar-refractivity contribution >= 4 is 40.6 Å². The van der Waals surface area contributed by atoms with Crippen LogP contribution in [0.1, 0.15) is 48.2 Å². The zero-order chi connectivity index (χ0) is 26.8. The third-order valence-corrected chi connectivity index (χ3v) is 6.97. The number of ether oxygens (including phenoxy) is 1. The van der Waals surface area contributed by atoms with Crippen molar-refractivity contribution in [2.75, 3.05) is 41.4 Å². The van der Waals surface area contributed by atoms with Gasteiger partial charge >= 0.3 is 0 Å². The molecule has 0 saturated heterocycles. The van der Waals surface area contributed by atoms with E-state index in [1.165, 1.54) is 6.92 Å². The molecule has 2 aliphatic heterocycles. The molecule has 0 atom stereocenters. The smallest absolute Gasteiger partial charge is 0.261 e. The van der Waals surface area contributed by atoms with Crippen molar-refractivity contribution < 1.29 is 19.1 Å². The zero-order valence-electron chi connectivity index (χ0n) is 21.9.